The molecule has 0 amide bonds. The van der Waals surface area contributed by atoms with E-state index < -0.39 is 0 Å². The first kappa shape index (κ1) is 11.7. The fraction of sp³-hybridized carbons (Fsp3) is 0.600. The molecule has 0 saturated heterocycles. The van der Waals surface area contributed by atoms with Crippen LogP contribution in [0.1, 0.15) is 26.2 Å². The molecule has 0 spiro atoms. The van der Waals surface area contributed by atoms with Gasteiger partial charge in [0.1, 0.15) is 0 Å². The summed E-state index contributed by atoms with van der Waals surface area (Å²) in [6.45, 7) is 2.44. The van der Waals surface area contributed by atoms with Gasteiger partial charge in [0.05, 0.1) is 0 Å². The monoisotopic (exact) mass is 262 g/mol. The summed E-state index contributed by atoms with van der Waals surface area (Å²) in [6.07, 6.45) is 8.77. The zero-order valence-electron chi connectivity index (χ0n) is 8.53. The Morgan fingerprint density at radius 3 is 3.07 bits per heavy atom. The molecular weight excluding hydrogens is 244 g/mol. The lowest BCUT2D eigenvalue weighted by atomic mass is 9.86. The third-order valence-corrected chi connectivity index (χ3v) is 14.4. The Bertz CT molecular complexity index is 282. The molecule has 0 aromatic rings. The standard InChI is InChI=1S/C10H18P4/c1-7-5-6-8-3-2-4-9(8)10(7)14(12)13-11/h2,4,7,10,13H,3,5-6,11-12H2,1H3. The molecule has 0 aliphatic heterocycles. The highest BCUT2D eigenvalue weighted by Crippen LogP contribution is 2.73. The minimum atomic E-state index is 0.131. The van der Waals surface area contributed by atoms with Crippen LogP contribution in [0.3, 0.4) is 0 Å². The fourth-order valence-electron chi connectivity index (χ4n) is 2.49. The molecule has 0 heterocycles. The quantitative estimate of drug-likeness (QED) is 0.633. The van der Waals surface area contributed by atoms with E-state index in [1.54, 1.807) is 11.1 Å². The van der Waals surface area contributed by atoms with E-state index in [0.29, 0.717) is 0 Å². The minimum absolute atomic E-state index is 0.131. The van der Waals surface area contributed by atoms with E-state index in [1.165, 1.54) is 19.3 Å². The van der Waals surface area contributed by atoms with Crippen molar-refractivity contribution < 1.29 is 0 Å². The summed E-state index contributed by atoms with van der Waals surface area (Å²) in [5.74, 6) is 0.896. The van der Waals surface area contributed by atoms with Crippen molar-refractivity contribution in [3.63, 3.8) is 0 Å². The third kappa shape index (κ3) is 2.15. The molecule has 6 atom stereocenters. The lowest BCUT2D eigenvalue weighted by Crippen LogP contribution is -2.20. The maximum Gasteiger partial charge on any atom is 0.0140 e. The first-order valence-corrected chi connectivity index (χ1v) is 11.8. The van der Waals surface area contributed by atoms with Gasteiger partial charge in [0.15, 0.2) is 0 Å². The second-order valence-corrected chi connectivity index (χ2v) is 13.7. The fourth-order valence-corrected chi connectivity index (χ4v) is 8.39. The van der Waals surface area contributed by atoms with Gasteiger partial charge in [-0.1, -0.05) is 39.9 Å². The zero-order chi connectivity index (χ0) is 10.1. The summed E-state index contributed by atoms with van der Waals surface area (Å²) in [5.41, 5.74) is 4.32. The van der Waals surface area contributed by atoms with Crippen LogP contribution in [0.25, 0.3) is 0 Å². The minimum Gasteiger partial charge on any atom is -0.110 e. The van der Waals surface area contributed by atoms with Gasteiger partial charge >= 0.3 is 0 Å². The largest absolute Gasteiger partial charge is 0.110 e. The van der Waals surface area contributed by atoms with Crippen molar-refractivity contribution in [1.82, 2.24) is 0 Å². The van der Waals surface area contributed by atoms with Crippen molar-refractivity contribution in [2.24, 2.45) is 5.92 Å². The highest BCUT2D eigenvalue weighted by atomic mass is 32.6. The van der Waals surface area contributed by atoms with Crippen LogP contribution in [0.2, 0.25) is 0 Å². The van der Waals surface area contributed by atoms with Gasteiger partial charge < -0.3 is 0 Å². The molecule has 6 unspecified atom stereocenters. The van der Waals surface area contributed by atoms with Gasteiger partial charge in [0, 0.05) is 5.66 Å². The molecule has 0 bridgehead atoms. The summed E-state index contributed by atoms with van der Waals surface area (Å²) in [7, 11) is 7.21. The van der Waals surface area contributed by atoms with Crippen molar-refractivity contribution >= 4 is 33.1 Å². The highest BCUT2D eigenvalue weighted by Gasteiger charge is 2.32. The molecule has 0 nitrogen and oxygen atoms in total. The van der Waals surface area contributed by atoms with E-state index in [0.717, 1.165) is 19.5 Å². The van der Waals surface area contributed by atoms with Gasteiger partial charge in [0.25, 0.3) is 0 Å². The SMILES string of the molecule is CC1CCC2=C(C=CC2)C1P(P)PP. The summed E-state index contributed by atoms with van der Waals surface area (Å²) in [6, 6.07) is 0. The Morgan fingerprint density at radius 1 is 1.57 bits per heavy atom. The van der Waals surface area contributed by atoms with Crippen LogP contribution in [0, 0.1) is 5.92 Å². The molecular formula is C10H18P4. The molecule has 0 fully saturated rings. The topological polar surface area (TPSA) is 0 Å². The first-order chi connectivity index (χ1) is 6.74. The van der Waals surface area contributed by atoms with Crippen molar-refractivity contribution in [2.45, 2.75) is 31.8 Å². The van der Waals surface area contributed by atoms with Crippen LogP contribution in [0.5, 0.6) is 0 Å². The normalized spacial score (nSPS) is 34.2. The van der Waals surface area contributed by atoms with E-state index in [-0.39, 0.29) is 7.30 Å². The molecule has 14 heavy (non-hydrogen) atoms. The van der Waals surface area contributed by atoms with Crippen molar-refractivity contribution in [3.05, 3.63) is 23.3 Å². The van der Waals surface area contributed by atoms with E-state index in [9.17, 15) is 0 Å². The van der Waals surface area contributed by atoms with Crippen molar-refractivity contribution in [3.8, 4) is 0 Å². The lowest BCUT2D eigenvalue weighted by molar-refractivity contribution is 0.512. The van der Waals surface area contributed by atoms with E-state index in [4.69, 9.17) is 0 Å². The number of hydrogen-bond acceptors (Lipinski definition) is 0. The predicted octanol–water partition coefficient (Wildman–Crippen LogP) is 4.70. The summed E-state index contributed by atoms with van der Waals surface area (Å²) >= 11 is 0. The van der Waals surface area contributed by atoms with E-state index in [2.05, 4.69) is 36.9 Å². The van der Waals surface area contributed by atoms with Gasteiger partial charge in [-0.25, -0.2) is 0 Å². The second-order valence-electron chi connectivity index (χ2n) is 4.16. The average Bonchev–Trinajstić information content (AvgIpc) is 2.64. The van der Waals surface area contributed by atoms with Crippen LogP contribution >= 0.6 is 33.1 Å². The summed E-state index contributed by atoms with van der Waals surface area (Å²) in [4.78, 5) is 0. The Hall–Kier alpha value is 1.20. The maximum atomic E-state index is 3.11. The van der Waals surface area contributed by atoms with Crippen LogP contribution < -0.4 is 0 Å². The molecule has 2 aliphatic carbocycles. The van der Waals surface area contributed by atoms with Gasteiger partial charge in [-0.2, -0.15) is 0 Å². The second kappa shape index (κ2) is 5.02. The molecule has 4 heteroatoms. The molecule has 0 saturated carbocycles. The molecule has 0 aromatic heterocycles. The molecule has 0 radical (unpaired) electrons. The average molecular weight is 262 g/mol. The molecule has 0 aromatic carbocycles. The number of allylic oxidation sites excluding steroid dienone is 4. The van der Waals surface area contributed by atoms with Gasteiger partial charge in [-0.3, -0.25) is 0 Å². The van der Waals surface area contributed by atoms with Gasteiger partial charge in [-0.05, 0) is 30.8 Å². The van der Waals surface area contributed by atoms with Gasteiger partial charge in [0.2, 0.25) is 0 Å². The Morgan fingerprint density at radius 2 is 2.36 bits per heavy atom. The zero-order valence-corrected chi connectivity index (χ0v) is 12.7. The van der Waals surface area contributed by atoms with Crippen molar-refractivity contribution in [2.75, 3.05) is 0 Å². The van der Waals surface area contributed by atoms with Crippen LogP contribution in [0.4, 0.5) is 0 Å². The maximum absolute atomic E-state index is 3.11. The Kier molecular flexibility index (Phi) is 4.19. The summed E-state index contributed by atoms with van der Waals surface area (Å²) in [5, 5.41) is 0. The molecule has 2 rings (SSSR count). The van der Waals surface area contributed by atoms with E-state index in [1.807, 2.05) is 0 Å². The molecule has 0 N–H and O–H groups in total. The van der Waals surface area contributed by atoms with Crippen molar-refractivity contribution in [1.29, 1.82) is 0 Å². The molecule has 2 aliphatic rings. The number of hydrogen-bond donors (Lipinski definition) is 0. The predicted molar refractivity (Wildman–Crippen MR) is 77.6 cm³/mol. The lowest BCUT2D eigenvalue weighted by Gasteiger charge is -2.34. The third-order valence-electron chi connectivity index (χ3n) is 3.28. The Labute approximate surface area is 94.4 Å². The highest BCUT2D eigenvalue weighted by molar-refractivity contribution is 8.61. The van der Waals surface area contributed by atoms with Crippen LogP contribution in [-0.2, 0) is 0 Å². The van der Waals surface area contributed by atoms with E-state index >= 15 is 0 Å². The smallest absolute Gasteiger partial charge is 0.0140 e. The first-order valence-electron chi connectivity index (χ1n) is 5.12. The Balaban J connectivity index is 2.26. The number of rotatable bonds is 2. The molecule has 78 valence electrons. The van der Waals surface area contributed by atoms with Crippen LogP contribution in [-0.4, -0.2) is 5.66 Å². The van der Waals surface area contributed by atoms with Crippen LogP contribution in [0.15, 0.2) is 23.3 Å². The van der Waals surface area contributed by atoms with Gasteiger partial charge in [-0.15, -0.1) is 17.9 Å². The summed E-state index contributed by atoms with van der Waals surface area (Å²) < 4.78 is 0.